The van der Waals surface area contributed by atoms with Crippen molar-refractivity contribution >= 4 is 5.91 Å². The van der Waals surface area contributed by atoms with Gasteiger partial charge < -0.3 is 15.4 Å². The van der Waals surface area contributed by atoms with Crippen LogP contribution in [0.25, 0.3) is 0 Å². The van der Waals surface area contributed by atoms with E-state index in [1.165, 1.54) is 0 Å². The molecule has 1 amide bonds. The molecule has 0 radical (unpaired) electrons. The molecule has 1 aliphatic rings. The van der Waals surface area contributed by atoms with Gasteiger partial charge in [0.15, 0.2) is 0 Å². The first kappa shape index (κ1) is 14.9. The summed E-state index contributed by atoms with van der Waals surface area (Å²) in [5.41, 5.74) is 7.12. The molecule has 4 nitrogen and oxygen atoms in total. The van der Waals surface area contributed by atoms with Gasteiger partial charge in [-0.05, 0) is 37.0 Å². The standard InChI is InChI=1S/C16H24N2O2/c1-12-4-3-5-15(9-12)20-7-6-16(19)18-10-13(2)8-14(17)11-18/h3-5,9,13-14H,6-8,10-11,17H2,1-2H3. The Balaban J connectivity index is 1.77. The number of ether oxygens (including phenoxy) is 1. The van der Waals surface area contributed by atoms with E-state index in [0.717, 1.165) is 24.3 Å². The molecular weight excluding hydrogens is 252 g/mol. The van der Waals surface area contributed by atoms with Crippen LogP contribution in [0.3, 0.4) is 0 Å². The largest absolute Gasteiger partial charge is 0.493 e. The molecule has 0 bridgehead atoms. The molecule has 4 heteroatoms. The number of benzene rings is 1. The summed E-state index contributed by atoms with van der Waals surface area (Å²) in [6.45, 7) is 6.07. The van der Waals surface area contributed by atoms with Crippen LogP contribution in [0.1, 0.15) is 25.3 Å². The highest BCUT2D eigenvalue weighted by atomic mass is 16.5. The first-order valence-electron chi connectivity index (χ1n) is 7.27. The zero-order valence-corrected chi connectivity index (χ0v) is 12.3. The zero-order valence-electron chi connectivity index (χ0n) is 12.3. The third kappa shape index (κ3) is 4.23. The predicted octanol–water partition coefficient (Wildman–Crippen LogP) is 1.96. The van der Waals surface area contributed by atoms with E-state index in [4.69, 9.17) is 10.5 Å². The molecule has 110 valence electrons. The van der Waals surface area contributed by atoms with Gasteiger partial charge in [0.25, 0.3) is 0 Å². The summed E-state index contributed by atoms with van der Waals surface area (Å²) in [6, 6.07) is 7.98. The summed E-state index contributed by atoms with van der Waals surface area (Å²) in [6.07, 6.45) is 1.41. The molecule has 0 spiro atoms. The second-order valence-electron chi connectivity index (χ2n) is 5.81. The van der Waals surface area contributed by atoms with Crippen molar-refractivity contribution in [1.82, 2.24) is 4.90 Å². The molecule has 2 N–H and O–H groups in total. The van der Waals surface area contributed by atoms with E-state index in [9.17, 15) is 4.79 Å². The number of likely N-dealkylation sites (tertiary alicyclic amines) is 1. The van der Waals surface area contributed by atoms with Crippen molar-refractivity contribution in [3.8, 4) is 5.75 Å². The molecule has 0 saturated carbocycles. The number of aryl methyl sites for hydroxylation is 1. The van der Waals surface area contributed by atoms with Gasteiger partial charge in [-0.2, -0.15) is 0 Å². The first-order valence-corrected chi connectivity index (χ1v) is 7.27. The molecule has 0 aromatic heterocycles. The van der Waals surface area contributed by atoms with Crippen LogP contribution in [0.15, 0.2) is 24.3 Å². The molecule has 1 heterocycles. The van der Waals surface area contributed by atoms with Crippen LogP contribution >= 0.6 is 0 Å². The maximum Gasteiger partial charge on any atom is 0.226 e. The Morgan fingerprint density at radius 1 is 1.45 bits per heavy atom. The van der Waals surface area contributed by atoms with Gasteiger partial charge in [0.1, 0.15) is 5.75 Å². The Bertz CT molecular complexity index is 452. The lowest BCUT2D eigenvalue weighted by molar-refractivity contribution is -0.133. The Labute approximate surface area is 120 Å². The number of carbonyl (C=O) groups is 1. The number of rotatable bonds is 4. The quantitative estimate of drug-likeness (QED) is 0.914. The molecule has 1 saturated heterocycles. The molecule has 1 fully saturated rings. The van der Waals surface area contributed by atoms with Crippen molar-refractivity contribution in [2.45, 2.75) is 32.7 Å². The lowest BCUT2D eigenvalue weighted by Gasteiger charge is -2.34. The van der Waals surface area contributed by atoms with E-state index < -0.39 is 0 Å². The summed E-state index contributed by atoms with van der Waals surface area (Å²) >= 11 is 0. The minimum atomic E-state index is 0.111. The second kappa shape index (κ2) is 6.75. The third-order valence-corrected chi connectivity index (χ3v) is 3.62. The van der Waals surface area contributed by atoms with Gasteiger partial charge in [-0.1, -0.05) is 19.1 Å². The summed E-state index contributed by atoms with van der Waals surface area (Å²) in [5, 5.41) is 0. The summed E-state index contributed by atoms with van der Waals surface area (Å²) < 4.78 is 5.62. The monoisotopic (exact) mass is 276 g/mol. The predicted molar refractivity (Wildman–Crippen MR) is 79.6 cm³/mol. The van der Waals surface area contributed by atoms with Crippen LogP contribution in [-0.4, -0.2) is 36.5 Å². The highest BCUT2D eigenvalue weighted by molar-refractivity contribution is 5.76. The first-order chi connectivity index (χ1) is 9.54. The average molecular weight is 276 g/mol. The maximum atomic E-state index is 12.1. The normalized spacial score (nSPS) is 22.6. The van der Waals surface area contributed by atoms with Crippen LogP contribution in [-0.2, 0) is 4.79 Å². The number of nitrogens with zero attached hydrogens (tertiary/aromatic N) is 1. The van der Waals surface area contributed by atoms with Crippen molar-refractivity contribution < 1.29 is 9.53 Å². The maximum absolute atomic E-state index is 12.1. The van der Waals surface area contributed by atoms with Crippen LogP contribution < -0.4 is 10.5 Å². The lowest BCUT2D eigenvalue weighted by Crippen LogP contribution is -2.49. The van der Waals surface area contributed by atoms with Gasteiger partial charge in [-0.15, -0.1) is 0 Å². The fourth-order valence-corrected chi connectivity index (χ4v) is 2.72. The topological polar surface area (TPSA) is 55.6 Å². The minimum Gasteiger partial charge on any atom is -0.493 e. The van der Waals surface area contributed by atoms with Gasteiger partial charge in [-0.25, -0.2) is 0 Å². The average Bonchev–Trinajstić information content (AvgIpc) is 2.37. The van der Waals surface area contributed by atoms with Gasteiger partial charge in [0, 0.05) is 19.1 Å². The summed E-state index contributed by atoms with van der Waals surface area (Å²) in [7, 11) is 0. The van der Waals surface area contributed by atoms with Gasteiger partial charge in [-0.3, -0.25) is 4.79 Å². The lowest BCUT2D eigenvalue weighted by atomic mass is 9.96. The number of carbonyl (C=O) groups excluding carboxylic acids is 1. The molecular formula is C16H24N2O2. The highest BCUT2D eigenvalue weighted by Gasteiger charge is 2.25. The van der Waals surface area contributed by atoms with E-state index in [0.29, 0.717) is 25.5 Å². The molecule has 1 aliphatic heterocycles. The smallest absolute Gasteiger partial charge is 0.226 e. The third-order valence-electron chi connectivity index (χ3n) is 3.62. The molecule has 1 aromatic carbocycles. The molecule has 2 unspecified atom stereocenters. The molecule has 2 rings (SSSR count). The Kier molecular flexibility index (Phi) is 5.01. The molecule has 2 atom stereocenters. The van der Waals surface area contributed by atoms with Gasteiger partial charge >= 0.3 is 0 Å². The van der Waals surface area contributed by atoms with Crippen molar-refractivity contribution in [3.63, 3.8) is 0 Å². The fraction of sp³-hybridized carbons (Fsp3) is 0.562. The highest BCUT2D eigenvalue weighted by Crippen LogP contribution is 2.16. The van der Waals surface area contributed by atoms with E-state index >= 15 is 0 Å². The van der Waals surface area contributed by atoms with Crippen molar-refractivity contribution in [2.75, 3.05) is 19.7 Å². The summed E-state index contributed by atoms with van der Waals surface area (Å²) in [4.78, 5) is 14.0. The number of nitrogens with two attached hydrogens (primary N) is 1. The Hall–Kier alpha value is -1.55. The zero-order chi connectivity index (χ0) is 14.5. The van der Waals surface area contributed by atoms with Crippen molar-refractivity contribution in [3.05, 3.63) is 29.8 Å². The van der Waals surface area contributed by atoms with E-state index in [1.54, 1.807) is 0 Å². The van der Waals surface area contributed by atoms with Crippen molar-refractivity contribution in [2.24, 2.45) is 11.7 Å². The minimum absolute atomic E-state index is 0.111. The van der Waals surface area contributed by atoms with Crippen LogP contribution in [0, 0.1) is 12.8 Å². The van der Waals surface area contributed by atoms with Crippen LogP contribution in [0.4, 0.5) is 0 Å². The summed E-state index contributed by atoms with van der Waals surface area (Å²) in [5.74, 6) is 1.45. The molecule has 1 aromatic rings. The Morgan fingerprint density at radius 2 is 2.25 bits per heavy atom. The Morgan fingerprint density at radius 3 is 2.95 bits per heavy atom. The van der Waals surface area contributed by atoms with Crippen LogP contribution in [0.5, 0.6) is 5.75 Å². The second-order valence-corrected chi connectivity index (χ2v) is 5.81. The van der Waals surface area contributed by atoms with E-state index in [-0.39, 0.29) is 11.9 Å². The SMILES string of the molecule is Cc1cccc(OCCC(=O)N2CC(C)CC(N)C2)c1. The van der Waals surface area contributed by atoms with Gasteiger partial charge in [0.05, 0.1) is 13.0 Å². The van der Waals surface area contributed by atoms with Gasteiger partial charge in [0.2, 0.25) is 5.91 Å². The number of hydrogen-bond donors (Lipinski definition) is 1. The van der Waals surface area contributed by atoms with Crippen LogP contribution in [0.2, 0.25) is 0 Å². The van der Waals surface area contributed by atoms with Crippen molar-refractivity contribution in [1.29, 1.82) is 0 Å². The van der Waals surface area contributed by atoms with E-state index in [1.807, 2.05) is 36.1 Å². The number of hydrogen-bond acceptors (Lipinski definition) is 3. The molecule has 0 aliphatic carbocycles. The van der Waals surface area contributed by atoms with E-state index in [2.05, 4.69) is 6.92 Å². The fourth-order valence-electron chi connectivity index (χ4n) is 2.72. The molecule has 20 heavy (non-hydrogen) atoms. The number of piperidine rings is 1. The number of amides is 1.